The number of amides is 1. The number of alkyl halides is 2. The zero-order chi connectivity index (χ0) is 18.7. The van der Waals surface area contributed by atoms with Gasteiger partial charge in [0.05, 0.1) is 5.56 Å². The van der Waals surface area contributed by atoms with Gasteiger partial charge in [-0.3, -0.25) is 4.79 Å². The molecule has 0 aliphatic carbocycles. The third-order valence-electron chi connectivity index (χ3n) is 4.25. The lowest BCUT2D eigenvalue weighted by Crippen LogP contribution is -2.29. The molecule has 0 atom stereocenters. The largest absolute Gasteiger partial charge is 0.356 e. The summed E-state index contributed by atoms with van der Waals surface area (Å²) in [6.07, 6.45) is 2.71. The van der Waals surface area contributed by atoms with Gasteiger partial charge in [0.15, 0.2) is 0 Å². The minimum absolute atomic E-state index is 0.118. The maximum absolute atomic E-state index is 13.6. The van der Waals surface area contributed by atoms with Crippen LogP contribution >= 0.6 is 0 Å². The van der Waals surface area contributed by atoms with Gasteiger partial charge in [-0.2, -0.15) is 4.39 Å². The molecule has 5 nitrogen and oxygen atoms in total. The number of aryl methyl sites for hydroxylation is 1. The topological polar surface area (TPSA) is 58.1 Å². The van der Waals surface area contributed by atoms with Gasteiger partial charge in [-0.15, -0.1) is 0 Å². The molecule has 1 aliphatic heterocycles. The fraction of sp³-hybridized carbons (Fsp3) is 0.389. The van der Waals surface area contributed by atoms with Crippen LogP contribution < -0.4 is 10.2 Å². The SMILES string of the molecule is Cc1cnc(N2CCCC(F)(F)CC2)c(C(=O)Nc2ccnc(F)c2)c1. The zero-order valence-corrected chi connectivity index (χ0v) is 14.3. The van der Waals surface area contributed by atoms with Gasteiger partial charge in [0.1, 0.15) is 5.82 Å². The highest BCUT2D eigenvalue weighted by molar-refractivity contribution is 6.07. The summed E-state index contributed by atoms with van der Waals surface area (Å²) < 4.78 is 40.5. The molecule has 8 heteroatoms. The van der Waals surface area contributed by atoms with Crippen LogP contribution in [0.25, 0.3) is 0 Å². The van der Waals surface area contributed by atoms with Crippen LogP contribution in [0.2, 0.25) is 0 Å². The highest BCUT2D eigenvalue weighted by Gasteiger charge is 2.33. The number of nitrogens with one attached hydrogen (secondary N) is 1. The summed E-state index contributed by atoms with van der Waals surface area (Å²) in [6, 6.07) is 4.22. The van der Waals surface area contributed by atoms with Gasteiger partial charge >= 0.3 is 0 Å². The number of rotatable bonds is 3. The van der Waals surface area contributed by atoms with Gasteiger partial charge in [0.25, 0.3) is 5.91 Å². The maximum Gasteiger partial charge on any atom is 0.259 e. The smallest absolute Gasteiger partial charge is 0.259 e. The fourth-order valence-electron chi connectivity index (χ4n) is 2.94. The molecule has 26 heavy (non-hydrogen) atoms. The van der Waals surface area contributed by atoms with E-state index >= 15 is 0 Å². The van der Waals surface area contributed by atoms with E-state index in [1.807, 2.05) is 0 Å². The molecule has 138 valence electrons. The standard InChI is InChI=1S/C18H19F3N4O/c1-12-9-14(17(26)24-13-3-6-22-15(19)10-13)16(23-11-12)25-7-2-4-18(20,21)5-8-25/h3,6,9-11H,2,4-5,7-8H2,1H3,(H,22,24,26). The summed E-state index contributed by atoms with van der Waals surface area (Å²) in [5.41, 5.74) is 1.30. The first kappa shape index (κ1) is 18.2. The van der Waals surface area contributed by atoms with Crippen LogP contribution in [0.3, 0.4) is 0 Å². The average molecular weight is 364 g/mol. The monoisotopic (exact) mass is 364 g/mol. The van der Waals surface area contributed by atoms with Crippen LogP contribution in [0.5, 0.6) is 0 Å². The minimum Gasteiger partial charge on any atom is -0.356 e. The lowest BCUT2D eigenvalue weighted by molar-refractivity contribution is -0.0102. The normalized spacial score (nSPS) is 16.8. The van der Waals surface area contributed by atoms with Gasteiger partial charge in [-0.25, -0.2) is 18.7 Å². The van der Waals surface area contributed by atoms with Gasteiger partial charge in [0.2, 0.25) is 11.9 Å². The molecular formula is C18H19F3N4O. The highest BCUT2D eigenvalue weighted by Crippen LogP contribution is 2.30. The second kappa shape index (κ2) is 7.31. The molecule has 2 aromatic heterocycles. The predicted octanol–water partition coefficient (Wildman–Crippen LogP) is 3.80. The number of carbonyl (C=O) groups is 1. The quantitative estimate of drug-likeness (QED) is 0.842. The van der Waals surface area contributed by atoms with Crippen molar-refractivity contribution in [2.45, 2.75) is 32.1 Å². The van der Waals surface area contributed by atoms with Crippen LogP contribution in [0.15, 0.2) is 30.6 Å². The van der Waals surface area contributed by atoms with Crippen molar-refractivity contribution in [3.05, 3.63) is 47.7 Å². The summed E-state index contributed by atoms with van der Waals surface area (Å²) in [5, 5.41) is 2.60. The summed E-state index contributed by atoms with van der Waals surface area (Å²) in [7, 11) is 0. The number of halogens is 3. The van der Waals surface area contributed by atoms with Crippen molar-refractivity contribution in [3.63, 3.8) is 0 Å². The molecule has 0 bridgehead atoms. The zero-order valence-electron chi connectivity index (χ0n) is 14.3. The second-order valence-corrected chi connectivity index (χ2v) is 6.40. The molecule has 1 aliphatic rings. The number of nitrogens with zero attached hydrogens (tertiary/aromatic N) is 3. The number of pyridine rings is 2. The van der Waals surface area contributed by atoms with Crippen LogP contribution in [-0.4, -0.2) is 34.9 Å². The summed E-state index contributed by atoms with van der Waals surface area (Å²) >= 11 is 0. The maximum atomic E-state index is 13.6. The highest BCUT2D eigenvalue weighted by atomic mass is 19.3. The third-order valence-corrected chi connectivity index (χ3v) is 4.25. The Balaban J connectivity index is 1.87. The van der Waals surface area contributed by atoms with Gasteiger partial charge in [-0.1, -0.05) is 0 Å². The predicted molar refractivity (Wildman–Crippen MR) is 92.1 cm³/mol. The molecule has 1 amide bonds. The van der Waals surface area contributed by atoms with E-state index < -0.39 is 17.8 Å². The Morgan fingerprint density at radius 1 is 1.23 bits per heavy atom. The molecule has 0 spiro atoms. The van der Waals surface area contributed by atoms with Crippen molar-refractivity contribution in [1.29, 1.82) is 0 Å². The van der Waals surface area contributed by atoms with Gasteiger partial charge < -0.3 is 10.2 Å². The first-order chi connectivity index (χ1) is 12.3. The van der Waals surface area contributed by atoms with Gasteiger partial charge in [-0.05, 0) is 31.0 Å². The second-order valence-electron chi connectivity index (χ2n) is 6.40. The fourth-order valence-corrected chi connectivity index (χ4v) is 2.94. The molecule has 1 N–H and O–H groups in total. The molecule has 3 rings (SSSR count). The van der Waals surface area contributed by atoms with E-state index in [2.05, 4.69) is 15.3 Å². The molecule has 1 saturated heterocycles. The Kier molecular flexibility index (Phi) is 5.11. The summed E-state index contributed by atoms with van der Waals surface area (Å²) in [4.78, 5) is 22.1. The van der Waals surface area contributed by atoms with E-state index in [0.717, 1.165) is 11.6 Å². The number of carbonyl (C=O) groups excluding carboxylic acids is 1. The van der Waals surface area contributed by atoms with Crippen molar-refractivity contribution in [3.8, 4) is 0 Å². The molecule has 2 aromatic rings. The van der Waals surface area contributed by atoms with E-state index in [4.69, 9.17) is 0 Å². The number of hydrogen-bond donors (Lipinski definition) is 1. The van der Waals surface area contributed by atoms with Crippen molar-refractivity contribution < 1.29 is 18.0 Å². The third kappa shape index (κ3) is 4.30. The number of hydrogen-bond acceptors (Lipinski definition) is 4. The Bertz CT molecular complexity index is 813. The van der Waals surface area contributed by atoms with Crippen molar-refractivity contribution in [2.24, 2.45) is 0 Å². The molecule has 3 heterocycles. The van der Waals surface area contributed by atoms with E-state index in [1.165, 1.54) is 12.3 Å². The lowest BCUT2D eigenvalue weighted by Gasteiger charge is -2.24. The van der Waals surface area contributed by atoms with Crippen molar-refractivity contribution in [2.75, 3.05) is 23.3 Å². The molecular weight excluding hydrogens is 345 g/mol. The molecule has 1 fully saturated rings. The summed E-state index contributed by atoms with van der Waals surface area (Å²) in [6.45, 7) is 2.30. The molecule has 0 aromatic carbocycles. The Morgan fingerprint density at radius 3 is 2.81 bits per heavy atom. The van der Waals surface area contributed by atoms with Crippen molar-refractivity contribution in [1.82, 2.24) is 9.97 Å². The van der Waals surface area contributed by atoms with Gasteiger partial charge in [0, 0.05) is 50.1 Å². The number of aromatic nitrogens is 2. The summed E-state index contributed by atoms with van der Waals surface area (Å²) in [5.74, 6) is -3.52. The molecule has 0 radical (unpaired) electrons. The van der Waals surface area contributed by atoms with E-state index in [9.17, 15) is 18.0 Å². The number of anilines is 2. The van der Waals surface area contributed by atoms with Crippen LogP contribution in [0, 0.1) is 12.9 Å². The Hall–Kier alpha value is -2.64. The van der Waals surface area contributed by atoms with Crippen LogP contribution in [0.4, 0.5) is 24.7 Å². The van der Waals surface area contributed by atoms with E-state index in [-0.39, 0.29) is 30.6 Å². The Morgan fingerprint density at radius 2 is 2.04 bits per heavy atom. The average Bonchev–Trinajstić information content (AvgIpc) is 2.75. The molecule has 0 unspecified atom stereocenters. The minimum atomic E-state index is -2.70. The first-order valence-electron chi connectivity index (χ1n) is 8.36. The first-order valence-corrected chi connectivity index (χ1v) is 8.36. The van der Waals surface area contributed by atoms with Crippen LogP contribution in [0.1, 0.15) is 35.2 Å². The van der Waals surface area contributed by atoms with E-state index in [0.29, 0.717) is 18.8 Å². The van der Waals surface area contributed by atoms with E-state index in [1.54, 1.807) is 24.1 Å². The van der Waals surface area contributed by atoms with Crippen LogP contribution in [-0.2, 0) is 0 Å². The Labute approximate surface area is 149 Å². The lowest BCUT2D eigenvalue weighted by atomic mass is 10.1. The van der Waals surface area contributed by atoms with Crippen molar-refractivity contribution >= 4 is 17.4 Å². The molecule has 0 saturated carbocycles.